The van der Waals surface area contributed by atoms with Gasteiger partial charge in [0.25, 0.3) is 5.56 Å². The molecule has 2 aromatic rings. The van der Waals surface area contributed by atoms with Crippen molar-refractivity contribution in [3.63, 3.8) is 0 Å². The van der Waals surface area contributed by atoms with Crippen LogP contribution in [0, 0.1) is 5.92 Å². The van der Waals surface area contributed by atoms with Crippen molar-refractivity contribution in [1.29, 1.82) is 0 Å². The third kappa shape index (κ3) is 3.80. The van der Waals surface area contributed by atoms with Crippen molar-refractivity contribution in [2.75, 3.05) is 13.1 Å². The van der Waals surface area contributed by atoms with Crippen LogP contribution in [0.4, 0.5) is 0 Å². The topological polar surface area (TPSA) is 102 Å². The lowest BCUT2D eigenvalue weighted by molar-refractivity contribution is -0.141. The molecule has 2 atom stereocenters. The van der Waals surface area contributed by atoms with Crippen molar-refractivity contribution in [1.82, 2.24) is 14.0 Å². The number of halogens is 1. The predicted octanol–water partition coefficient (Wildman–Crippen LogP) is 0.527. The second-order valence-electron chi connectivity index (χ2n) is 6.52. The van der Waals surface area contributed by atoms with Crippen molar-refractivity contribution in [2.24, 2.45) is 13.0 Å². The van der Waals surface area contributed by atoms with Gasteiger partial charge in [-0.25, -0.2) is 4.79 Å². The number of rotatable bonds is 4. The number of likely N-dealkylation sites (tertiary alicyclic amines) is 1. The first-order valence-electron chi connectivity index (χ1n) is 8.30. The van der Waals surface area contributed by atoms with Crippen LogP contribution in [0.5, 0.6) is 0 Å². The van der Waals surface area contributed by atoms with Gasteiger partial charge >= 0.3 is 11.7 Å². The summed E-state index contributed by atoms with van der Waals surface area (Å²) in [6.45, 7) is 0.0343. The number of hydrogen-bond donors (Lipinski definition) is 1. The largest absolute Gasteiger partial charge is 0.481 e. The second-order valence-corrected chi connectivity index (χ2v) is 6.96. The van der Waals surface area contributed by atoms with E-state index in [1.165, 1.54) is 24.2 Å². The van der Waals surface area contributed by atoms with E-state index >= 15 is 0 Å². The molecule has 8 nitrogen and oxygen atoms in total. The van der Waals surface area contributed by atoms with Gasteiger partial charge < -0.3 is 10.0 Å². The van der Waals surface area contributed by atoms with Gasteiger partial charge in [-0.3, -0.25) is 23.5 Å². The molecule has 1 fully saturated rings. The van der Waals surface area contributed by atoms with Gasteiger partial charge in [0.15, 0.2) is 0 Å². The molecule has 1 N–H and O–H groups in total. The number of aromatic nitrogens is 2. The highest BCUT2D eigenvalue weighted by Gasteiger charge is 2.40. The van der Waals surface area contributed by atoms with Gasteiger partial charge in [-0.1, -0.05) is 23.7 Å². The number of aliphatic carboxylic acids is 1. The fourth-order valence-corrected chi connectivity index (χ4v) is 3.41. The summed E-state index contributed by atoms with van der Waals surface area (Å²) in [6, 6.07) is 8.09. The van der Waals surface area contributed by atoms with Gasteiger partial charge in [0, 0.05) is 43.3 Å². The fourth-order valence-electron chi connectivity index (χ4n) is 3.29. The third-order valence-electron chi connectivity index (χ3n) is 4.85. The standard InChI is InChI=1S/C18H18ClN3O5/c1-20-15(23)6-7-21(18(20)27)10-16(24)22-8-13(14(9-22)17(25)26)11-2-4-12(19)5-3-11/h2-7,13-14H,8-10H2,1H3,(H,25,26)/t13-,14+/m0/s1. The number of carbonyl (C=O) groups excluding carboxylic acids is 1. The minimum atomic E-state index is -0.982. The molecule has 1 aliphatic heterocycles. The molecule has 0 aliphatic carbocycles. The normalized spacial score (nSPS) is 19.3. The minimum absolute atomic E-state index is 0.0575. The summed E-state index contributed by atoms with van der Waals surface area (Å²) in [6.07, 6.45) is 1.27. The molecule has 27 heavy (non-hydrogen) atoms. The van der Waals surface area contributed by atoms with Crippen LogP contribution in [0.1, 0.15) is 11.5 Å². The van der Waals surface area contributed by atoms with Crippen molar-refractivity contribution < 1.29 is 14.7 Å². The van der Waals surface area contributed by atoms with E-state index in [4.69, 9.17) is 11.6 Å². The molecular weight excluding hydrogens is 374 g/mol. The number of hydrogen-bond acceptors (Lipinski definition) is 4. The van der Waals surface area contributed by atoms with Crippen LogP contribution >= 0.6 is 11.6 Å². The van der Waals surface area contributed by atoms with E-state index in [-0.39, 0.29) is 31.5 Å². The van der Waals surface area contributed by atoms with E-state index in [2.05, 4.69) is 0 Å². The first-order valence-corrected chi connectivity index (χ1v) is 8.68. The average molecular weight is 392 g/mol. The molecular formula is C18H18ClN3O5. The van der Waals surface area contributed by atoms with Crippen LogP contribution in [-0.2, 0) is 23.2 Å². The molecule has 1 aromatic heterocycles. The molecule has 0 unspecified atom stereocenters. The highest BCUT2D eigenvalue weighted by molar-refractivity contribution is 6.30. The third-order valence-corrected chi connectivity index (χ3v) is 5.11. The van der Waals surface area contributed by atoms with Crippen LogP contribution in [0.3, 0.4) is 0 Å². The van der Waals surface area contributed by atoms with Crippen LogP contribution in [0.2, 0.25) is 5.02 Å². The molecule has 0 saturated carbocycles. The van der Waals surface area contributed by atoms with E-state index in [0.717, 1.165) is 14.7 Å². The zero-order valence-corrected chi connectivity index (χ0v) is 15.3. The van der Waals surface area contributed by atoms with Gasteiger partial charge in [0.05, 0.1) is 5.92 Å². The number of carboxylic acids is 1. The Hall–Kier alpha value is -2.87. The molecule has 1 aromatic carbocycles. The summed E-state index contributed by atoms with van der Waals surface area (Å²) in [4.78, 5) is 49.3. The second kappa shape index (κ2) is 7.40. The van der Waals surface area contributed by atoms with E-state index in [0.29, 0.717) is 5.02 Å². The molecule has 1 amide bonds. The molecule has 2 heterocycles. The van der Waals surface area contributed by atoms with Crippen LogP contribution in [0.25, 0.3) is 0 Å². The highest BCUT2D eigenvalue weighted by atomic mass is 35.5. The maximum absolute atomic E-state index is 12.6. The smallest absolute Gasteiger partial charge is 0.331 e. The van der Waals surface area contributed by atoms with Gasteiger partial charge in [-0.15, -0.1) is 0 Å². The molecule has 3 rings (SSSR count). The Bertz CT molecular complexity index is 995. The summed E-state index contributed by atoms with van der Waals surface area (Å²) in [5.41, 5.74) is -0.265. The van der Waals surface area contributed by atoms with Crippen molar-refractivity contribution in [2.45, 2.75) is 12.5 Å². The zero-order chi connectivity index (χ0) is 19.7. The van der Waals surface area contributed by atoms with Gasteiger partial charge in [0.1, 0.15) is 6.54 Å². The summed E-state index contributed by atoms with van der Waals surface area (Å²) < 4.78 is 2.04. The Morgan fingerprint density at radius 1 is 1.15 bits per heavy atom. The maximum Gasteiger partial charge on any atom is 0.331 e. The Balaban J connectivity index is 1.81. The van der Waals surface area contributed by atoms with Gasteiger partial charge in [-0.2, -0.15) is 0 Å². The van der Waals surface area contributed by atoms with E-state index < -0.39 is 23.1 Å². The van der Waals surface area contributed by atoms with Crippen molar-refractivity contribution >= 4 is 23.5 Å². The number of nitrogens with zero attached hydrogens (tertiary/aromatic N) is 3. The number of carbonyl (C=O) groups is 2. The minimum Gasteiger partial charge on any atom is -0.481 e. The van der Waals surface area contributed by atoms with Crippen LogP contribution in [0.15, 0.2) is 46.1 Å². The highest BCUT2D eigenvalue weighted by Crippen LogP contribution is 2.33. The Kier molecular flexibility index (Phi) is 5.18. The average Bonchev–Trinajstić information content (AvgIpc) is 3.08. The summed E-state index contributed by atoms with van der Waals surface area (Å²) in [5.74, 6) is -2.46. The first kappa shape index (κ1) is 18.9. The quantitative estimate of drug-likeness (QED) is 0.819. The van der Waals surface area contributed by atoms with E-state index in [1.54, 1.807) is 24.3 Å². The van der Waals surface area contributed by atoms with Crippen LogP contribution < -0.4 is 11.2 Å². The van der Waals surface area contributed by atoms with Crippen molar-refractivity contribution in [3.8, 4) is 0 Å². The fraction of sp³-hybridized carbons (Fsp3) is 0.333. The molecule has 0 radical (unpaired) electrons. The van der Waals surface area contributed by atoms with Crippen molar-refractivity contribution in [3.05, 3.63) is 68.0 Å². The zero-order valence-electron chi connectivity index (χ0n) is 14.5. The van der Waals surface area contributed by atoms with Crippen LogP contribution in [-0.4, -0.2) is 44.1 Å². The molecule has 1 aliphatic rings. The molecule has 0 spiro atoms. The SMILES string of the molecule is Cn1c(=O)ccn(CC(=O)N2C[C@@H](C(=O)O)[C@H](c3ccc(Cl)cc3)C2)c1=O. The molecule has 9 heteroatoms. The predicted molar refractivity (Wildman–Crippen MR) is 97.8 cm³/mol. The Morgan fingerprint density at radius 3 is 2.44 bits per heavy atom. The Morgan fingerprint density at radius 2 is 1.81 bits per heavy atom. The van der Waals surface area contributed by atoms with Gasteiger partial charge in [0.2, 0.25) is 5.91 Å². The Labute approximate surface area is 159 Å². The monoisotopic (exact) mass is 391 g/mol. The maximum atomic E-state index is 12.6. The van der Waals surface area contributed by atoms with E-state index in [9.17, 15) is 24.3 Å². The lowest BCUT2D eigenvalue weighted by Gasteiger charge is -2.17. The summed E-state index contributed by atoms with van der Waals surface area (Å²) >= 11 is 5.89. The molecule has 0 bridgehead atoms. The lowest BCUT2D eigenvalue weighted by atomic mass is 9.89. The summed E-state index contributed by atoms with van der Waals surface area (Å²) in [7, 11) is 1.33. The first-order chi connectivity index (χ1) is 12.8. The molecule has 142 valence electrons. The lowest BCUT2D eigenvalue weighted by Crippen LogP contribution is -2.41. The van der Waals surface area contributed by atoms with E-state index in [1.807, 2.05) is 0 Å². The number of benzene rings is 1. The van der Waals surface area contributed by atoms with Gasteiger partial charge in [-0.05, 0) is 17.7 Å². The summed E-state index contributed by atoms with van der Waals surface area (Å²) in [5, 5.41) is 10.1. The number of carboxylic acid groups (broad SMARTS) is 1. The molecule has 1 saturated heterocycles. The number of amides is 1.